The van der Waals surface area contributed by atoms with Gasteiger partial charge >= 0.3 is 11.9 Å². The highest BCUT2D eigenvalue weighted by Crippen LogP contribution is 2.27. The Morgan fingerprint density at radius 1 is 0.667 bits per heavy atom. The van der Waals surface area contributed by atoms with E-state index in [0.717, 1.165) is 61.7 Å². The Hall–Kier alpha value is -4.60. The molecule has 0 bridgehead atoms. The molecule has 2 amide bonds. The fourth-order valence-corrected chi connectivity index (χ4v) is 3.95. The molecular weight excluding hydrogens is 556 g/mol. The maximum absolute atomic E-state index is 12.1. The zero-order chi connectivity index (χ0) is 31.2. The zero-order valence-electron chi connectivity index (χ0n) is 22.7. The Labute approximate surface area is 240 Å². The number of esters is 2. The second kappa shape index (κ2) is 16.6. The lowest BCUT2D eigenvalue weighted by atomic mass is 10.1. The first-order valence-corrected chi connectivity index (χ1v) is 13.2. The molecule has 4 rings (SSSR count). The van der Waals surface area contributed by atoms with Crippen LogP contribution in [-0.2, 0) is 4.74 Å². The van der Waals surface area contributed by atoms with Crippen LogP contribution in [-0.4, -0.2) is 75.0 Å². The van der Waals surface area contributed by atoms with E-state index in [1.165, 1.54) is 18.2 Å². The molecule has 2 aromatic rings. The Kier molecular flexibility index (Phi) is 13.3. The zero-order valence-corrected chi connectivity index (χ0v) is 22.7. The van der Waals surface area contributed by atoms with Crippen LogP contribution < -0.4 is 5.73 Å². The van der Waals surface area contributed by atoms with Crippen molar-refractivity contribution in [1.29, 1.82) is 0 Å². The molecule has 226 valence electrons. The number of non-ortho nitro benzene ring substituents is 2. The molecule has 15 heteroatoms. The van der Waals surface area contributed by atoms with Crippen molar-refractivity contribution in [2.24, 2.45) is 5.73 Å². The number of fused-ring (bicyclic) bond motifs is 2. The number of nitrogens with zero attached hydrogens (tertiary/aromatic N) is 3. The molecule has 0 unspecified atom stereocenters. The standard InChI is InChI=1S/C14H16N2O5.C8H3NO5.C5H13NO/c17-8-4-2-1-3-7-15-13(18)11-6-5-10(16(20)21)9-12(11)14(15)19;10-7-5-2-1-4(9(12)13)3-6(5)8(11)14-7;6-4-2-1-3-5-7/h5-6,9,17H,1-4,7-8H2;1-3H;7H,1-6H2. The number of nitrogens with two attached hydrogens (primary N) is 1. The van der Waals surface area contributed by atoms with E-state index >= 15 is 0 Å². The molecule has 0 saturated carbocycles. The highest BCUT2D eigenvalue weighted by molar-refractivity contribution is 6.21. The summed E-state index contributed by atoms with van der Waals surface area (Å²) in [5, 5.41) is 38.0. The Morgan fingerprint density at radius 3 is 1.69 bits per heavy atom. The molecule has 0 spiro atoms. The van der Waals surface area contributed by atoms with E-state index in [-0.39, 0.29) is 40.2 Å². The normalized spacial score (nSPS) is 13.0. The van der Waals surface area contributed by atoms with Gasteiger partial charge in [-0.2, -0.15) is 0 Å². The predicted molar refractivity (Wildman–Crippen MR) is 147 cm³/mol. The van der Waals surface area contributed by atoms with E-state index in [1.807, 2.05) is 0 Å². The van der Waals surface area contributed by atoms with Gasteiger partial charge in [0, 0.05) is 44.0 Å². The van der Waals surface area contributed by atoms with E-state index in [9.17, 15) is 39.4 Å². The number of cyclic esters (lactones) is 2. The van der Waals surface area contributed by atoms with Crippen LogP contribution in [0.4, 0.5) is 11.4 Å². The maximum atomic E-state index is 12.1. The minimum absolute atomic E-state index is 0.0517. The minimum atomic E-state index is -0.839. The molecule has 2 aliphatic heterocycles. The van der Waals surface area contributed by atoms with Crippen molar-refractivity contribution in [3.8, 4) is 0 Å². The number of amides is 2. The van der Waals surface area contributed by atoms with Crippen LogP contribution in [0.3, 0.4) is 0 Å². The number of ether oxygens (including phenoxy) is 1. The van der Waals surface area contributed by atoms with Crippen LogP contribution in [0.1, 0.15) is 86.4 Å². The predicted octanol–water partition coefficient (Wildman–Crippen LogP) is 2.76. The molecule has 42 heavy (non-hydrogen) atoms. The number of unbranched alkanes of at least 4 members (excludes halogenated alkanes) is 5. The lowest BCUT2D eigenvalue weighted by Crippen LogP contribution is -2.30. The van der Waals surface area contributed by atoms with Gasteiger partial charge in [0.15, 0.2) is 0 Å². The summed E-state index contributed by atoms with van der Waals surface area (Å²) in [7, 11) is 0. The van der Waals surface area contributed by atoms with Crippen LogP contribution >= 0.6 is 0 Å². The third kappa shape index (κ3) is 8.95. The van der Waals surface area contributed by atoms with Gasteiger partial charge in [-0.1, -0.05) is 12.8 Å². The number of nitro groups is 2. The van der Waals surface area contributed by atoms with Crippen molar-refractivity contribution in [2.45, 2.75) is 44.9 Å². The highest BCUT2D eigenvalue weighted by Gasteiger charge is 2.36. The largest absolute Gasteiger partial charge is 0.396 e. The van der Waals surface area contributed by atoms with Crippen molar-refractivity contribution >= 4 is 35.1 Å². The molecule has 2 aliphatic rings. The van der Waals surface area contributed by atoms with Gasteiger partial charge in [0.05, 0.1) is 32.1 Å². The van der Waals surface area contributed by atoms with Crippen molar-refractivity contribution in [2.75, 3.05) is 26.3 Å². The first kappa shape index (κ1) is 33.6. The first-order chi connectivity index (χ1) is 20.1. The van der Waals surface area contributed by atoms with Crippen molar-refractivity contribution in [3.05, 3.63) is 78.9 Å². The number of benzene rings is 2. The molecule has 0 aromatic heterocycles. The van der Waals surface area contributed by atoms with Gasteiger partial charge in [0.1, 0.15) is 0 Å². The van der Waals surface area contributed by atoms with Gasteiger partial charge in [0.2, 0.25) is 0 Å². The molecule has 0 fully saturated rings. The summed E-state index contributed by atoms with van der Waals surface area (Å²) in [6.45, 7) is 1.49. The van der Waals surface area contributed by atoms with E-state index < -0.39 is 33.6 Å². The van der Waals surface area contributed by atoms with Gasteiger partial charge in [-0.3, -0.25) is 34.7 Å². The number of carbonyl (C=O) groups is 4. The molecule has 2 heterocycles. The fraction of sp³-hybridized carbons (Fsp3) is 0.407. The van der Waals surface area contributed by atoms with Gasteiger partial charge in [0.25, 0.3) is 23.2 Å². The molecule has 0 saturated heterocycles. The Morgan fingerprint density at radius 2 is 1.14 bits per heavy atom. The van der Waals surface area contributed by atoms with Gasteiger partial charge in [-0.15, -0.1) is 0 Å². The number of rotatable bonds is 12. The average Bonchev–Trinajstić information content (AvgIpc) is 3.39. The summed E-state index contributed by atoms with van der Waals surface area (Å²) >= 11 is 0. The number of hydrogen-bond donors (Lipinski definition) is 3. The second-order valence-corrected chi connectivity index (χ2v) is 9.12. The number of aliphatic hydroxyl groups excluding tert-OH is 2. The number of imide groups is 1. The summed E-state index contributed by atoms with van der Waals surface area (Å²) in [5.74, 6) is -2.47. The fourth-order valence-electron chi connectivity index (χ4n) is 3.95. The van der Waals surface area contributed by atoms with E-state index in [4.69, 9.17) is 15.9 Å². The van der Waals surface area contributed by atoms with E-state index in [1.54, 1.807) is 0 Å². The summed E-state index contributed by atoms with van der Waals surface area (Å²) in [4.78, 5) is 67.2. The van der Waals surface area contributed by atoms with E-state index in [0.29, 0.717) is 26.0 Å². The average molecular weight is 589 g/mol. The van der Waals surface area contributed by atoms with Gasteiger partial charge < -0.3 is 20.7 Å². The summed E-state index contributed by atoms with van der Waals surface area (Å²) in [5.41, 5.74) is 5.10. The third-order valence-electron chi connectivity index (χ3n) is 6.16. The molecule has 0 radical (unpaired) electrons. The minimum Gasteiger partial charge on any atom is -0.396 e. The Bertz CT molecular complexity index is 1330. The molecule has 0 aliphatic carbocycles. The van der Waals surface area contributed by atoms with Crippen LogP contribution in [0.15, 0.2) is 36.4 Å². The lowest BCUT2D eigenvalue weighted by molar-refractivity contribution is -0.385. The summed E-state index contributed by atoms with van der Waals surface area (Å²) in [6.07, 6.45) is 6.02. The smallest absolute Gasteiger partial charge is 0.347 e. The monoisotopic (exact) mass is 588 g/mol. The van der Waals surface area contributed by atoms with E-state index in [2.05, 4.69) is 4.74 Å². The third-order valence-corrected chi connectivity index (χ3v) is 6.16. The number of aliphatic hydroxyl groups is 2. The maximum Gasteiger partial charge on any atom is 0.347 e. The molecule has 15 nitrogen and oxygen atoms in total. The molecule has 0 atom stereocenters. The summed E-state index contributed by atoms with van der Waals surface area (Å²) < 4.78 is 4.27. The quantitative estimate of drug-likeness (QED) is 0.0811. The van der Waals surface area contributed by atoms with Crippen LogP contribution in [0, 0.1) is 20.2 Å². The lowest BCUT2D eigenvalue weighted by Gasteiger charge is -2.13. The van der Waals surface area contributed by atoms with Crippen molar-refractivity contribution in [1.82, 2.24) is 4.90 Å². The topological polar surface area (TPSA) is 234 Å². The number of hydrogen-bond acceptors (Lipinski definition) is 12. The molecular formula is C27H32N4O11. The number of nitro benzene ring substituents is 2. The van der Waals surface area contributed by atoms with Crippen molar-refractivity contribution < 1.29 is 44.0 Å². The Balaban J connectivity index is 0.000000252. The molecule has 2 aromatic carbocycles. The molecule has 4 N–H and O–H groups in total. The van der Waals surface area contributed by atoms with Crippen molar-refractivity contribution in [3.63, 3.8) is 0 Å². The van der Waals surface area contributed by atoms with Crippen LogP contribution in [0.5, 0.6) is 0 Å². The van der Waals surface area contributed by atoms with Crippen LogP contribution in [0.25, 0.3) is 0 Å². The summed E-state index contributed by atoms with van der Waals surface area (Å²) in [6, 6.07) is 7.11. The highest BCUT2D eigenvalue weighted by atomic mass is 16.6. The van der Waals surface area contributed by atoms with Crippen LogP contribution in [0.2, 0.25) is 0 Å². The van der Waals surface area contributed by atoms with Gasteiger partial charge in [-0.05, 0) is 50.8 Å². The van der Waals surface area contributed by atoms with Gasteiger partial charge in [-0.25, -0.2) is 9.59 Å². The first-order valence-electron chi connectivity index (χ1n) is 13.2. The SMILES string of the molecule is NCCCCCO.O=C1OC(=O)c2cc([N+](=O)[O-])ccc21.O=C1c2ccc([N+](=O)[O-])cc2C(=O)N1CCCCCCO. The second-order valence-electron chi connectivity index (χ2n) is 9.12. The number of carbonyl (C=O) groups excluding carboxylic acids is 4.